The number of hydrogen-bond donors (Lipinski definition) is 1. The topological polar surface area (TPSA) is 189 Å². The fraction of sp³-hybridized carbons (Fsp3) is 0.250. The van der Waals surface area contributed by atoms with Crippen LogP contribution in [0.5, 0.6) is 23.0 Å². The van der Waals surface area contributed by atoms with Crippen molar-refractivity contribution in [3.63, 3.8) is 0 Å². The summed E-state index contributed by atoms with van der Waals surface area (Å²) in [6.07, 6.45) is -0.172. The molecule has 8 aromatic rings. The third-order valence-electron chi connectivity index (χ3n) is 12.2. The highest BCUT2D eigenvalue weighted by Crippen LogP contribution is 2.31. The molecule has 2 atom stereocenters. The predicted octanol–water partition coefficient (Wildman–Crippen LogP) is 8.59. The zero-order valence-corrected chi connectivity index (χ0v) is 40.5. The van der Waals surface area contributed by atoms with Gasteiger partial charge in [-0.25, -0.2) is 19.6 Å². The molecule has 0 bridgehead atoms. The van der Waals surface area contributed by atoms with Crippen LogP contribution in [0.3, 0.4) is 0 Å². The molecule has 16 nitrogen and oxygen atoms in total. The molecule has 72 heavy (non-hydrogen) atoms. The molecule has 2 unspecified atom stereocenters. The van der Waals surface area contributed by atoms with Crippen LogP contribution in [0.2, 0.25) is 0 Å². The van der Waals surface area contributed by atoms with Crippen LogP contribution in [0.25, 0.3) is 33.2 Å². The van der Waals surface area contributed by atoms with Gasteiger partial charge in [0.1, 0.15) is 36.2 Å². The summed E-state index contributed by atoms with van der Waals surface area (Å²) in [6, 6.07) is 41.9. The maximum atomic E-state index is 14.4. The van der Waals surface area contributed by atoms with Crippen LogP contribution < -0.4 is 30.1 Å². The lowest BCUT2D eigenvalue weighted by atomic mass is 9.91. The van der Waals surface area contributed by atoms with Crippen LogP contribution in [-0.2, 0) is 49.9 Å². The number of fused-ring (bicyclic) bond motifs is 2. The summed E-state index contributed by atoms with van der Waals surface area (Å²) in [6.45, 7) is 5.03. The SMILES string of the molecule is CCOC(CC)(Cc1ccc(OCc2nc3ccccc3c(=O)n2-c2ccc(OC)cc2)cc1)C(=O)OC(Cc1ccc(OCc2nc3ccccc3c(=O)n2-c2ccc(OC)cc2)cc1)(OCC)C(=O)O. The average Bonchev–Trinajstić information content (AvgIpc) is 3.40. The molecule has 0 saturated heterocycles. The minimum Gasteiger partial charge on any atom is -0.497 e. The Morgan fingerprint density at radius 2 is 0.958 bits per heavy atom. The Hall–Kier alpha value is -8.34. The van der Waals surface area contributed by atoms with Gasteiger partial charge in [0.2, 0.25) is 0 Å². The van der Waals surface area contributed by atoms with Crippen molar-refractivity contribution in [3.05, 3.63) is 189 Å². The number of carbonyl (C=O) groups excluding carboxylic acids is 1. The van der Waals surface area contributed by atoms with E-state index in [0.717, 1.165) is 0 Å². The van der Waals surface area contributed by atoms with E-state index in [1.807, 2.05) is 6.07 Å². The first-order valence-electron chi connectivity index (χ1n) is 23.4. The second kappa shape index (κ2) is 22.2. The van der Waals surface area contributed by atoms with E-state index in [2.05, 4.69) is 0 Å². The number of ether oxygens (including phenoxy) is 7. The molecule has 0 radical (unpaired) electrons. The van der Waals surface area contributed by atoms with Gasteiger partial charge < -0.3 is 38.3 Å². The Morgan fingerprint density at radius 3 is 1.36 bits per heavy atom. The molecule has 2 aromatic heterocycles. The van der Waals surface area contributed by atoms with Crippen LogP contribution in [0.15, 0.2) is 155 Å². The van der Waals surface area contributed by atoms with Gasteiger partial charge in [-0.3, -0.25) is 18.7 Å². The molecule has 2 heterocycles. The van der Waals surface area contributed by atoms with E-state index in [0.29, 0.717) is 79.0 Å². The van der Waals surface area contributed by atoms with Gasteiger partial charge in [0.15, 0.2) is 17.2 Å². The summed E-state index contributed by atoms with van der Waals surface area (Å²) in [5.74, 6) is -1.94. The smallest absolute Gasteiger partial charge is 0.377 e. The highest BCUT2D eigenvalue weighted by Gasteiger charge is 2.50. The molecule has 0 amide bonds. The number of para-hydroxylation sites is 2. The molecule has 0 saturated carbocycles. The molecule has 0 aliphatic rings. The van der Waals surface area contributed by atoms with Gasteiger partial charge in [0.25, 0.3) is 11.1 Å². The molecule has 0 fully saturated rings. The van der Waals surface area contributed by atoms with Crippen molar-refractivity contribution in [1.29, 1.82) is 0 Å². The zero-order valence-electron chi connectivity index (χ0n) is 40.5. The second-order valence-electron chi connectivity index (χ2n) is 16.6. The van der Waals surface area contributed by atoms with Gasteiger partial charge in [-0.05, 0) is 128 Å². The van der Waals surface area contributed by atoms with Crippen molar-refractivity contribution in [2.75, 3.05) is 27.4 Å². The van der Waals surface area contributed by atoms with Crippen molar-refractivity contribution in [2.45, 2.75) is 64.6 Å². The minimum atomic E-state index is -2.42. The van der Waals surface area contributed by atoms with Crippen LogP contribution >= 0.6 is 0 Å². The Balaban J connectivity index is 0.974. The van der Waals surface area contributed by atoms with Gasteiger partial charge in [0, 0.05) is 19.6 Å². The first kappa shape index (κ1) is 50.1. The van der Waals surface area contributed by atoms with E-state index >= 15 is 0 Å². The van der Waals surface area contributed by atoms with Gasteiger partial charge in [-0.2, -0.15) is 0 Å². The zero-order chi connectivity index (χ0) is 50.8. The molecule has 16 heteroatoms. The normalized spacial score (nSPS) is 13.0. The summed E-state index contributed by atoms with van der Waals surface area (Å²) < 4.78 is 43.9. The number of carboxylic acid groups (broad SMARTS) is 1. The summed E-state index contributed by atoms with van der Waals surface area (Å²) in [4.78, 5) is 64.7. The molecule has 6 aromatic carbocycles. The fourth-order valence-corrected chi connectivity index (χ4v) is 8.45. The van der Waals surface area contributed by atoms with Crippen LogP contribution in [0.1, 0.15) is 50.0 Å². The molecule has 370 valence electrons. The maximum absolute atomic E-state index is 14.4. The summed E-state index contributed by atoms with van der Waals surface area (Å²) in [5.41, 5.74) is 1.27. The number of benzene rings is 6. The van der Waals surface area contributed by atoms with E-state index in [4.69, 9.17) is 43.1 Å². The molecule has 0 spiro atoms. The van der Waals surface area contributed by atoms with Crippen LogP contribution in [-0.4, -0.2) is 75.0 Å². The third-order valence-corrected chi connectivity index (χ3v) is 12.2. The monoisotopic (exact) mass is 974 g/mol. The van der Waals surface area contributed by atoms with E-state index in [-0.39, 0.29) is 56.8 Å². The lowest BCUT2D eigenvalue weighted by Gasteiger charge is -2.36. The number of aliphatic carboxylic acids is 1. The second-order valence-corrected chi connectivity index (χ2v) is 16.6. The van der Waals surface area contributed by atoms with E-state index < -0.39 is 23.3 Å². The van der Waals surface area contributed by atoms with E-state index in [1.54, 1.807) is 175 Å². The third kappa shape index (κ3) is 10.7. The number of carboxylic acids is 1. The Morgan fingerprint density at radius 1 is 0.542 bits per heavy atom. The van der Waals surface area contributed by atoms with Crippen molar-refractivity contribution in [2.24, 2.45) is 0 Å². The Kier molecular flexibility index (Phi) is 15.4. The first-order valence-corrected chi connectivity index (χ1v) is 23.4. The van der Waals surface area contributed by atoms with Crippen LogP contribution in [0.4, 0.5) is 0 Å². The van der Waals surface area contributed by atoms with Gasteiger partial charge in [-0.15, -0.1) is 0 Å². The molecular weight excluding hydrogens is 921 g/mol. The first-order chi connectivity index (χ1) is 34.9. The van der Waals surface area contributed by atoms with Crippen molar-refractivity contribution in [3.8, 4) is 34.4 Å². The van der Waals surface area contributed by atoms with Crippen molar-refractivity contribution < 1.29 is 47.9 Å². The highest BCUT2D eigenvalue weighted by atomic mass is 16.7. The quantitative estimate of drug-likeness (QED) is 0.0502. The number of carbonyl (C=O) groups is 2. The summed E-state index contributed by atoms with van der Waals surface area (Å²) >= 11 is 0. The standard InChI is InChI=1S/C56H54N4O12/c1-6-55(70-7-2,33-37-17-25-43(26-18-37)68-35-49-57-47-15-11-9-13-45(47)51(61)59(49)39-21-29-41(66-4)30-22-39)54(65)72-56(53(63)64,71-8-3)34-38-19-27-44(28-20-38)69-36-50-58-48-16-12-10-14-46(48)52(62)60(50)40-23-31-42(67-5)32-24-40/h9-32H,6-8,33-36H2,1-5H3,(H,63,64). The molecule has 8 rings (SSSR count). The van der Waals surface area contributed by atoms with Gasteiger partial charge in [-0.1, -0.05) is 55.5 Å². The number of esters is 1. The lowest BCUT2D eigenvalue weighted by Crippen LogP contribution is -2.54. The average molecular weight is 975 g/mol. The summed E-state index contributed by atoms with van der Waals surface area (Å²) in [5, 5.41) is 11.6. The van der Waals surface area contributed by atoms with Crippen molar-refractivity contribution >= 4 is 33.7 Å². The molecule has 0 aliphatic heterocycles. The number of rotatable bonds is 22. The minimum absolute atomic E-state index is 0.0337. The Bertz CT molecular complexity index is 3300. The number of aromatic nitrogens is 4. The highest BCUT2D eigenvalue weighted by molar-refractivity contribution is 5.85. The maximum Gasteiger partial charge on any atom is 0.377 e. The lowest BCUT2D eigenvalue weighted by molar-refractivity contribution is -0.250. The molecular formula is C56H54N4O12. The largest absolute Gasteiger partial charge is 0.497 e. The number of nitrogens with zero attached hydrogens (tertiary/aromatic N) is 4. The van der Waals surface area contributed by atoms with Gasteiger partial charge >= 0.3 is 17.7 Å². The Labute approximate surface area is 414 Å². The predicted molar refractivity (Wildman–Crippen MR) is 269 cm³/mol. The van der Waals surface area contributed by atoms with Crippen molar-refractivity contribution in [1.82, 2.24) is 19.1 Å². The number of methoxy groups -OCH3 is 2. The summed E-state index contributed by atoms with van der Waals surface area (Å²) in [7, 11) is 3.13. The van der Waals surface area contributed by atoms with Crippen LogP contribution in [0, 0.1) is 0 Å². The molecule has 1 N–H and O–H groups in total. The van der Waals surface area contributed by atoms with E-state index in [1.165, 1.54) is 9.13 Å². The van der Waals surface area contributed by atoms with Gasteiger partial charge in [0.05, 0.1) is 53.8 Å². The molecule has 0 aliphatic carbocycles. The fourth-order valence-electron chi connectivity index (χ4n) is 8.45. The number of hydrogen-bond acceptors (Lipinski definition) is 13. The van der Waals surface area contributed by atoms with E-state index in [9.17, 15) is 24.3 Å².